The molecule has 0 aliphatic carbocycles. The van der Waals surface area contributed by atoms with Crippen molar-refractivity contribution in [2.45, 2.75) is 38.9 Å². The Morgan fingerprint density at radius 2 is 1.64 bits per heavy atom. The van der Waals surface area contributed by atoms with Gasteiger partial charge in [0.15, 0.2) is 0 Å². The van der Waals surface area contributed by atoms with Gasteiger partial charge in [0.2, 0.25) is 0 Å². The fourth-order valence-electron chi connectivity index (χ4n) is 2.36. The van der Waals surface area contributed by atoms with E-state index in [4.69, 9.17) is 15.0 Å². The third-order valence-corrected chi connectivity index (χ3v) is 4.46. The second kappa shape index (κ2) is 5.07. The van der Waals surface area contributed by atoms with E-state index < -0.39 is 7.12 Å². The SMILES string of the molecule is CC1(C)OB(c2cnc(N)c(-c3ccncc3)c2)OC1(C)C. The lowest BCUT2D eigenvalue weighted by Crippen LogP contribution is -2.41. The summed E-state index contributed by atoms with van der Waals surface area (Å²) in [5.41, 5.74) is 7.94. The maximum Gasteiger partial charge on any atom is 0.496 e. The average molecular weight is 297 g/mol. The van der Waals surface area contributed by atoms with Gasteiger partial charge in [-0.3, -0.25) is 4.98 Å². The molecule has 0 bridgehead atoms. The van der Waals surface area contributed by atoms with E-state index in [1.165, 1.54) is 0 Å². The molecule has 114 valence electrons. The zero-order valence-electron chi connectivity index (χ0n) is 13.3. The highest BCUT2D eigenvalue weighted by atomic mass is 16.7. The highest BCUT2D eigenvalue weighted by Gasteiger charge is 2.51. The Kier molecular flexibility index (Phi) is 3.46. The molecule has 2 aromatic rings. The first-order chi connectivity index (χ1) is 10.3. The Bertz CT molecular complexity index is 673. The molecule has 1 aliphatic heterocycles. The first-order valence-electron chi connectivity index (χ1n) is 7.32. The summed E-state index contributed by atoms with van der Waals surface area (Å²) >= 11 is 0. The first-order valence-corrected chi connectivity index (χ1v) is 7.32. The molecule has 3 rings (SSSR count). The molecule has 22 heavy (non-hydrogen) atoms. The van der Waals surface area contributed by atoms with Crippen LogP contribution in [0.5, 0.6) is 0 Å². The largest absolute Gasteiger partial charge is 0.496 e. The van der Waals surface area contributed by atoms with Crippen molar-refractivity contribution < 1.29 is 9.31 Å². The van der Waals surface area contributed by atoms with Gasteiger partial charge in [-0.2, -0.15) is 0 Å². The van der Waals surface area contributed by atoms with Gasteiger partial charge in [0.25, 0.3) is 0 Å². The molecule has 1 fully saturated rings. The van der Waals surface area contributed by atoms with Crippen LogP contribution in [-0.4, -0.2) is 28.3 Å². The minimum Gasteiger partial charge on any atom is -0.399 e. The second-order valence-corrected chi connectivity index (χ2v) is 6.53. The fourth-order valence-corrected chi connectivity index (χ4v) is 2.36. The highest BCUT2D eigenvalue weighted by Crippen LogP contribution is 2.36. The van der Waals surface area contributed by atoms with E-state index in [0.717, 1.165) is 16.6 Å². The molecule has 0 amide bonds. The number of hydrogen-bond acceptors (Lipinski definition) is 5. The van der Waals surface area contributed by atoms with Crippen LogP contribution in [0.4, 0.5) is 5.82 Å². The highest BCUT2D eigenvalue weighted by molar-refractivity contribution is 6.62. The molecule has 0 saturated carbocycles. The van der Waals surface area contributed by atoms with Gasteiger partial charge in [-0.25, -0.2) is 4.98 Å². The molecular weight excluding hydrogens is 277 g/mol. The lowest BCUT2D eigenvalue weighted by molar-refractivity contribution is 0.00578. The van der Waals surface area contributed by atoms with Crippen LogP contribution in [0.3, 0.4) is 0 Å². The van der Waals surface area contributed by atoms with Crippen LogP contribution in [0, 0.1) is 0 Å². The molecule has 5 nitrogen and oxygen atoms in total. The molecule has 0 spiro atoms. The molecule has 0 atom stereocenters. The normalized spacial score (nSPS) is 19.4. The Hall–Kier alpha value is -1.92. The predicted octanol–water partition coefficient (Wildman–Crippen LogP) is 2.02. The van der Waals surface area contributed by atoms with E-state index in [1.54, 1.807) is 18.6 Å². The van der Waals surface area contributed by atoms with Crippen LogP contribution in [0.2, 0.25) is 0 Å². The average Bonchev–Trinajstić information content (AvgIpc) is 2.69. The molecular formula is C16H20BN3O2. The van der Waals surface area contributed by atoms with Gasteiger partial charge in [-0.05, 0) is 51.5 Å². The van der Waals surface area contributed by atoms with Gasteiger partial charge in [0, 0.05) is 29.6 Å². The molecule has 1 aliphatic rings. The Morgan fingerprint density at radius 1 is 1.05 bits per heavy atom. The molecule has 1 saturated heterocycles. The number of hydrogen-bond donors (Lipinski definition) is 1. The van der Waals surface area contributed by atoms with Crippen LogP contribution in [0.15, 0.2) is 36.8 Å². The maximum atomic E-state index is 6.07. The summed E-state index contributed by atoms with van der Waals surface area (Å²) < 4.78 is 12.1. The van der Waals surface area contributed by atoms with E-state index in [9.17, 15) is 0 Å². The Morgan fingerprint density at radius 3 is 2.23 bits per heavy atom. The van der Waals surface area contributed by atoms with E-state index in [0.29, 0.717) is 5.82 Å². The third kappa shape index (κ3) is 2.49. The number of nitrogen functional groups attached to an aromatic ring is 1. The van der Waals surface area contributed by atoms with E-state index in [1.807, 2.05) is 45.9 Å². The topological polar surface area (TPSA) is 70.3 Å². The lowest BCUT2D eigenvalue weighted by atomic mass is 9.79. The molecule has 0 unspecified atom stereocenters. The van der Waals surface area contributed by atoms with E-state index in [-0.39, 0.29) is 11.2 Å². The van der Waals surface area contributed by atoms with Gasteiger partial charge < -0.3 is 15.0 Å². The molecule has 2 N–H and O–H groups in total. The molecule has 2 aromatic heterocycles. The number of anilines is 1. The standard InChI is InChI=1S/C16H20BN3O2/c1-15(2)16(3,4)22-17(21-15)12-9-13(14(18)20-10-12)11-5-7-19-8-6-11/h5-10H,1-4H3,(H2,18,20). The smallest absolute Gasteiger partial charge is 0.399 e. The second-order valence-electron chi connectivity index (χ2n) is 6.53. The number of nitrogens with two attached hydrogens (primary N) is 1. The van der Waals surface area contributed by atoms with Crippen molar-refractivity contribution in [3.8, 4) is 11.1 Å². The zero-order chi connectivity index (χ0) is 16.0. The van der Waals surface area contributed by atoms with Crippen molar-refractivity contribution in [2.24, 2.45) is 0 Å². The van der Waals surface area contributed by atoms with Crippen molar-refractivity contribution in [2.75, 3.05) is 5.73 Å². The van der Waals surface area contributed by atoms with Gasteiger partial charge >= 0.3 is 7.12 Å². The van der Waals surface area contributed by atoms with E-state index >= 15 is 0 Å². The first kappa shape index (κ1) is 15.0. The summed E-state index contributed by atoms with van der Waals surface area (Å²) in [7, 11) is -0.446. The van der Waals surface area contributed by atoms with Crippen LogP contribution in [0.1, 0.15) is 27.7 Å². The fraction of sp³-hybridized carbons (Fsp3) is 0.375. The van der Waals surface area contributed by atoms with Gasteiger partial charge in [-0.1, -0.05) is 0 Å². The summed E-state index contributed by atoms with van der Waals surface area (Å²) in [6.45, 7) is 8.12. The van der Waals surface area contributed by atoms with Gasteiger partial charge in [0.05, 0.1) is 11.2 Å². The minimum absolute atomic E-state index is 0.379. The quantitative estimate of drug-likeness (QED) is 0.859. The number of nitrogens with zero attached hydrogens (tertiary/aromatic N) is 2. The summed E-state index contributed by atoms with van der Waals surface area (Å²) in [6, 6.07) is 5.78. The van der Waals surface area contributed by atoms with Crippen molar-refractivity contribution in [1.82, 2.24) is 9.97 Å². The minimum atomic E-state index is -0.446. The molecule has 6 heteroatoms. The summed E-state index contributed by atoms with van der Waals surface area (Å²) in [5, 5.41) is 0. The lowest BCUT2D eigenvalue weighted by Gasteiger charge is -2.32. The monoisotopic (exact) mass is 297 g/mol. The summed E-state index contributed by atoms with van der Waals surface area (Å²) in [4.78, 5) is 8.32. The number of rotatable bonds is 2. The van der Waals surface area contributed by atoms with Gasteiger partial charge in [0.1, 0.15) is 5.82 Å². The summed E-state index contributed by atoms with van der Waals surface area (Å²) in [5.74, 6) is 0.478. The Labute approximate surface area is 131 Å². The van der Waals surface area contributed by atoms with E-state index in [2.05, 4.69) is 9.97 Å². The van der Waals surface area contributed by atoms with Crippen molar-refractivity contribution in [3.05, 3.63) is 36.8 Å². The van der Waals surface area contributed by atoms with Crippen LogP contribution < -0.4 is 11.2 Å². The van der Waals surface area contributed by atoms with Crippen molar-refractivity contribution in [3.63, 3.8) is 0 Å². The molecule has 0 radical (unpaired) electrons. The third-order valence-electron chi connectivity index (χ3n) is 4.46. The zero-order valence-corrected chi connectivity index (χ0v) is 13.3. The predicted molar refractivity (Wildman–Crippen MR) is 87.6 cm³/mol. The summed E-state index contributed by atoms with van der Waals surface area (Å²) in [6.07, 6.45) is 5.18. The van der Waals surface area contributed by atoms with Gasteiger partial charge in [-0.15, -0.1) is 0 Å². The Balaban J connectivity index is 1.98. The van der Waals surface area contributed by atoms with Crippen molar-refractivity contribution in [1.29, 1.82) is 0 Å². The molecule has 0 aromatic carbocycles. The molecule has 3 heterocycles. The van der Waals surface area contributed by atoms with Crippen LogP contribution >= 0.6 is 0 Å². The van der Waals surface area contributed by atoms with Crippen LogP contribution in [0.25, 0.3) is 11.1 Å². The maximum absolute atomic E-state index is 6.07. The van der Waals surface area contributed by atoms with Crippen LogP contribution in [-0.2, 0) is 9.31 Å². The number of pyridine rings is 2. The number of aromatic nitrogens is 2. The van der Waals surface area contributed by atoms with Crippen molar-refractivity contribution >= 4 is 18.4 Å².